The third-order valence-corrected chi connectivity index (χ3v) is 3.32. The summed E-state index contributed by atoms with van der Waals surface area (Å²) >= 11 is 5.95. The lowest BCUT2D eigenvalue weighted by molar-refractivity contribution is 0.565. The Kier molecular flexibility index (Phi) is 4.73. The predicted octanol–water partition coefficient (Wildman–Crippen LogP) is 1.82. The van der Waals surface area contributed by atoms with Gasteiger partial charge in [-0.1, -0.05) is 6.92 Å². The molecule has 0 aromatic carbocycles. The van der Waals surface area contributed by atoms with Gasteiger partial charge in [0.05, 0.1) is 0 Å². The average Bonchev–Trinajstić information content (AvgIpc) is 2.46. The minimum Gasteiger partial charge on any atom is -0.298 e. The molecule has 0 aliphatic heterocycles. The van der Waals surface area contributed by atoms with Gasteiger partial charge < -0.3 is 0 Å². The quantitative estimate of drug-likeness (QED) is 0.800. The van der Waals surface area contributed by atoms with E-state index in [2.05, 4.69) is 17.1 Å². The summed E-state index contributed by atoms with van der Waals surface area (Å²) in [5.41, 5.74) is 0. The smallest absolute Gasteiger partial charge is 0.225 e. The van der Waals surface area contributed by atoms with Gasteiger partial charge in [0.2, 0.25) is 5.28 Å². The fourth-order valence-electron chi connectivity index (χ4n) is 1.55. The van der Waals surface area contributed by atoms with Gasteiger partial charge in [0.25, 0.3) is 0 Å². The van der Waals surface area contributed by atoms with Crippen LogP contribution >= 0.6 is 11.6 Å². The molecule has 0 saturated carbocycles. The summed E-state index contributed by atoms with van der Waals surface area (Å²) in [5.74, 6) is 1.45. The largest absolute Gasteiger partial charge is 0.298 e. The van der Waals surface area contributed by atoms with E-state index in [1.165, 1.54) is 0 Å². The molecule has 15 heavy (non-hydrogen) atoms. The maximum Gasteiger partial charge on any atom is 0.225 e. The van der Waals surface area contributed by atoms with Crippen LogP contribution in [0.5, 0.6) is 0 Å². The Labute approximate surface area is 97.5 Å². The van der Waals surface area contributed by atoms with Gasteiger partial charge in [0.15, 0.2) is 0 Å². The van der Waals surface area contributed by atoms with E-state index in [1.54, 1.807) is 6.26 Å². The van der Waals surface area contributed by atoms with Crippen LogP contribution in [0.25, 0.3) is 0 Å². The second-order valence-electron chi connectivity index (χ2n) is 3.59. The van der Waals surface area contributed by atoms with Crippen molar-refractivity contribution in [3.05, 3.63) is 11.1 Å². The first kappa shape index (κ1) is 12.6. The third-order valence-electron chi connectivity index (χ3n) is 2.12. The number of nitrogens with zero attached hydrogens (tertiary/aromatic N) is 3. The van der Waals surface area contributed by atoms with Crippen molar-refractivity contribution in [2.75, 3.05) is 12.0 Å². The van der Waals surface area contributed by atoms with Crippen LogP contribution < -0.4 is 0 Å². The number of aromatic nitrogens is 3. The Bertz CT molecular complexity index is 353. The summed E-state index contributed by atoms with van der Waals surface area (Å²) in [5, 5.41) is 8.24. The summed E-state index contributed by atoms with van der Waals surface area (Å²) in [7, 11) is -0.836. The van der Waals surface area contributed by atoms with Crippen molar-refractivity contribution >= 4 is 22.4 Å². The molecule has 1 aromatic rings. The first-order valence-electron chi connectivity index (χ1n) is 4.95. The molecular formula is C9H16ClN3OS. The normalized spacial score (nSPS) is 15.2. The van der Waals surface area contributed by atoms with Gasteiger partial charge in [-0.25, -0.2) is 0 Å². The number of hydrogen-bond acceptors (Lipinski definition) is 3. The molecule has 2 atom stereocenters. The molecule has 4 nitrogen and oxygen atoms in total. The van der Waals surface area contributed by atoms with Crippen LogP contribution in [0.1, 0.15) is 32.1 Å². The molecule has 2 unspecified atom stereocenters. The van der Waals surface area contributed by atoms with Crippen LogP contribution in [-0.4, -0.2) is 31.0 Å². The highest BCUT2D eigenvalue weighted by molar-refractivity contribution is 7.84. The Balaban J connectivity index is 2.89. The molecule has 0 fully saturated rings. The van der Waals surface area contributed by atoms with E-state index in [0.717, 1.165) is 18.7 Å². The number of rotatable bonds is 5. The summed E-state index contributed by atoms with van der Waals surface area (Å²) in [6.45, 7) is 4.06. The molecule has 1 rings (SSSR count). The van der Waals surface area contributed by atoms with Gasteiger partial charge in [-0.2, -0.15) is 0 Å². The van der Waals surface area contributed by atoms with Gasteiger partial charge in [0, 0.05) is 35.3 Å². The molecule has 0 amide bonds. The zero-order valence-corrected chi connectivity index (χ0v) is 10.8. The van der Waals surface area contributed by atoms with Crippen molar-refractivity contribution in [1.29, 1.82) is 0 Å². The summed E-state index contributed by atoms with van der Waals surface area (Å²) in [4.78, 5) is 0. The molecule has 0 N–H and O–H groups in total. The van der Waals surface area contributed by atoms with E-state index < -0.39 is 10.8 Å². The van der Waals surface area contributed by atoms with Crippen molar-refractivity contribution in [3.63, 3.8) is 0 Å². The van der Waals surface area contributed by atoms with Gasteiger partial charge in [0.1, 0.15) is 5.82 Å². The number of hydrogen-bond donors (Lipinski definition) is 0. The maximum atomic E-state index is 11.1. The molecule has 0 bridgehead atoms. The lowest BCUT2D eigenvalue weighted by Crippen LogP contribution is -2.15. The standard InChI is InChI=1S/C9H16ClN3OS/c1-4-5-8-11-12-9(10)13(8)7(2)6-15(3)14/h7H,4-6H2,1-3H3. The highest BCUT2D eigenvalue weighted by Crippen LogP contribution is 2.17. The second-order valence-corrected chi connectivity index (χ2v) is 5.41. The fraction of sp³-hybridized carbons (Fsp3) is 0.778. The van der Waals surface area contributed by atoms with Crippen LogP contribution in [0.4, 0.5) is 0 Å². The van der Waals surface area contributed by atoms with Crippen molar-refractivity contribution in [2.45, 2.75) is 32.7 Å². The molecule has 1 aromatic heterocycles. The zero-order chi connectivity index (χ0) is 11.4. The van der Waals surface area contributed by atoms with Gasteiger partial charge in [-0.05, 0) is 24.9 Å². The predicted molar refractivity (Wildman–Crippen MR) is 62.7 cm³/mol. The van der Waals surface area contributed by atoms with Crippen molar-refractivity contribution in [3.8, 4) is 0 Å². The van der Waals surface area contributed by atoms with Crippen LogP contribution in [-0.2, 0) is 17.2 Å². The second kappa shape index (κ2) is 5.61. The van der Waals surface area contributed by atoms with Crippen molar-refractivity contribution in [2.24, 2.45) is 0 Å². The molecule has 0 aliphatic carbocycles. The number of halogens is 1. The molecule has 0 aliphatic rings. The molecule has 6 heteroatoms. The molecule has 1 heterocycles. The summed E-state index contributed by atoms with van der Waals surface area (Å²) < 4.78 is 13.0. The Morgan fingerprint density at radius 1 is 1.53 bits per heavy atom. The molecular weight excluding hydrogens is 234 g/mol. The lowest BCUT2D eigenvalue weighted by atomic mass is 10.3. The van der Waals surface area contributed by atoms with E-state index in [9.17, 15) is 4.21 Å². The van der Waals surface area contributed by atoms with Gasteiger partial charge in [-0.3, -0.25) is 8.78 Å². The first-order chi connectivity index (χ1) is 7.06. The molecule has 86 valence electrons. The third kappa shape index (κ3) is 3.28. The minimum atomic E-state index is -0.836. The van der Waals surface area contributed by atoms with E-state index in [-0.39, 0.29) is 6.04 Å². The van der Waals surface area contributed by atoms with E-state index in [4.69, 9.17) is 11.6 Å². The highest BCUT2D eigenvalue weighted by Gasteiger charge is 2.16. The monoisotopic (exact) mass is 249 g/mol. The van der Waals surface area contributed by atoms with Gasteiger partial charge >= 0.3 is 0 Å². The summed E-state index contributed by atoms with van der Waals surface area (Å²) in [6, 6.07) is 0.0832. The van der Waals surface area contributed by atoms with Crippen molar-refractivity contribution in [1.82, 2.24) is 14.8 Å². The molecule has 0 radical (unpaired) electrons. The highest BCUT2D eigenvalue weighted by atomic mass is 35.5. The topological polar surface area (TPSA) is 47.8 Å². The van der Waals surface area contributed by atoms with E-state index in [1.807, 2.05) is 11.5 Å². The fourth-order valence-corrected chi connectivity index (χ4v) is 2.68. The Morgan fingerprint density at radius 3 is 2.73 bits per heavy atom. The van der Waals surface area contributed by atoms with Crippen LogP contribution in [0.2, 0.25) is 5.28 Å². The lowest BCUT2D eigenvalue weighted by Gasteiger charge is -2.14. The van der Waals surface area contributed by atoms with Crippen LogP contribution in [0.15, 0.2) is 0 Å². The Morgan fingerprint density at radius 2 is 2.20 bits per heavy atom. The van der Waals surface area contributed by atoms with Crippen LogP contribution in [0.3, 0.4) is 0 Å². The SMILES string of the molecule is CCCc1nnc(Cl)n1C(C)CS(C)=O. The molecule has 0 spiro atoms. The average molecular weight is 250 g/mol. The molecule has 0 saturated heterocycles. The zero-order valence-electron chi connectivity index (χ0n) is 9.23. The van der Waals surface area contributed by atoms with E-state index >= 15 is 0 Å². The van der Waals surface area contributed by atoms with Crippen LogP contribution in [0, 0.1) is 0 Å². The Hall–Kier alpha value is -0.420. The first-order valence-corrected chi connectivity index (χ1v) is 7.06. The van der Waals surface area contributed by atoms with Gasteiger partial charge in [-0.15, -0.1) is 10.2 Å². The minimum absolute atomic E-state index is 0.0832. The number of aryl methyl sites for hydroxylation is 1. The summed E-state index contributed by atoms with van der Waals surface area (Å²) in [6.07, 6.45) is 3.53. The van der Waals surface area contributed by atoms with Crippen molar-refractivity contribution < 1.29 is 4.21 Å². The maximum absolute atomic E-state index is 11.1. The van der Waals surface area contributed by atoms with E-state index in [0.29, 0.717) is 11.0 Å².